The highest BCUT2D eigenvalue weighted by Crippen LogP contribution is 2.17. The van der Waals surface area contributed by atoms with Crippen molar-refractivity contribution < 1.29 is 9.53 Å². The van der Waals surface area contributed by atoms with Gasteiger partial charge in [0, 0.05) is 0 Å². The summed E-state index contributed by atoms with van der Waals surface area (Å²) >= 11 is 10.8. The van der Waals surface area contributed by atoms with Crippen LogP contribution in [-0.2, 0) is 4.79 Å². The highest BCUT2D eigenvalue weighted by Gasteiger charge is 1.93. The Labute approximate surface area is 97.0 Å². The van der Waals surface area contributed by atoms with Crippen LogP contribution >= 0.6 is 23.2 Å². The number of aliphatic imine (C=N–C) groups is 1. The van der Waals surface area contributed by atoms with Crippen molar-refractivity contribution in [3.8, 4) is 5.75 Å². The molecule has 0 aromatic heterocycles. The fourth-order valence-electron chi connectivity index (χ4n) is 0.870. The van der Waals surface area contributed by atoms with Crippen LogP contribution in [0.2, 0.25) is 0 Å². The lowest BCUT2D eigenvalue weighted by molar-refractivity contribution is 0.363. The highest BCUT2D eigenvalue weighted by molar-refractivity contribution is 6.55. The van der Waals surface area contributed by atoms with E-state index in [-0.39, 0.29) is 4.49 Å². The van der Waals surface area contributed by atoms with Gasteiger partial charge in [0.25, 0.3) is 0 Å². The number of isocyanates is 1. The third-order valence-electron chi connectivity index (χ3n) is 1.50. The van der Waals surface area contributed by atoms with Gasteiger partial charge in [0.1, 0.15) is 16.8 Å². The predicted octanol–water partition coefficient (Wildman–Crippen LogP) is 3.35. The zero-order valence-electron chi connectivity index (χ0n) is 7.61. The van der Waals surface area contributed by atoms with E-state index in [1.54, 1.807) is 24.3 Å². The number of halogens is 2. The Kier molecular flexibility index (Phi) is 4.91. The minimum atomic E-state index is 0.164. The molecule has 0 unspecified atom stereocenters. The van der Waals surface area contributed by atoms with Gasteiger partial charge < -0.3 is 4.74 Å². The van der Waals surface area contributed by atoms with Gasteiger partial charge in [0.05, 0.1) is 5.69 Å². The van der Waals surface area contributed by atoms with Crippen LogP contribution < -0.4 is 4.74 Å². The summed E-state index contributed by atoms with van der Waals surface area (Å²) in [6.45, 7) is 0.290. The maximum Gasteiger partial charge on any atom is 0.240 e. The molecule has 15 heavy (non-hydrogen) atoms. The van der Waals surface area contributed by atoms with Crippen LogP contribution in [0.25, 0.3) is 0 Å². The monoisotopic (exact) mass is 243 g/mol. The van der Waals surface area contributed by atoms with E-state index in [2.05, 4.69) is 4.99 Å². The Balaban J connectivity index is 2.57. The quantitative estimate of drug-likeness (QED) is 0.601. The van der Waals surface area contributed by atoms with E-state index in [9.17, 15) is 4.79 Å². The zero-order chi connectivity index (χ0) is 11.1. The number of ether oxygens (including phenoxy) is 1. The molecule has 0 aliphatic rings. The summed E-state index contributed by atoms with van der Waals surface area (Å²) in [5.74, 6) is 0.644. The molecule has 0 N–H and O–H groups in total. The molecule has 0 atom stereocenters. The summed E-state index contributed by atoms with van der Waals surface area (Å²) in [5, 5.41) is 0. The SMILES string of the molecule is O=C=Nc1ccc(OCC=C(Cl)Cl)cc1. The standard InChI is InChI=1S/C10H7Cl2NO2/c11-10(12)5-6-15-9-3-1-8(2-4-9)13-7-14/h1-5H,6H2. The molecule has 1 rings (SSSR count). The second-order valence-electron chi connectivity index (χ2n) is 2.50. The molecule has 3 nitrogen and oxygen atoms in total. The number of benzene rings is 1. The van der Waals surface area contributed by atoms with Crippen molar-refractivity contribution in [2.24, 2.45) is 4.99 Å². The van der Waals surface area contributed by atoms with Crippen LogP contribution in [0.1, 0.15) is 0 Å². The first-order chi connectivity index (χ1) is 7.22. The minimum Gasteiger partial charge on any atom is -0.489 e. The van der Waals surface area contributed by atoms with Gasteiger partial charge in [-0.3, -0.25) is 0 Å². The van der Waals surface area contributed by atoms with Gasteiger partial charge in [0.2, 0.25) is 6.08 Å². The van der Waals surface area contributed by atoms with Gasteiger partial charge in [-0.15, -0.1) is 0 Å². The largest absolute Gasteiger partial charge is 0.489 e. The van der Waals surface area contributed by atoms with E-state index in [1.807, 2.05) is 0 Å². The normalized spacial score (nSPS) is 8.93. The molecule has 0 heterocycles. The van der Waals surface area contributed by atoms with E-state index in [0.29, 0.717) is 18.0 Å². The molecule has 0 saturated carbocycles. The highest BCUT2D eigenvalue weighted by atomic mass is 35.5. The van der Waals surface area contributed by atoms with Crippen molar-refractivity contribution in [3.63, 3.8) is 0 Å². The molecule has 0 radical (unpaired) electrons. The molecule has 0 aliphatic carbocycles. The third-order valence-corrected chi connectivity index (χ3v) is 1.81. The Bertz CT molecular complexity index is 390. The molecule has 0 aliphatic heterocycles. The second-order valence-corrected chi connectivity index (χ2v) is 3.51. The smallest absolute Gasteiger partial charge is 0.240 e. The van der Waals surface area contributed by atoms with Crippen molar-refractivity contribution in [1.82, 2.24) is 0 Å². The molecule has 0 bridgehead atoms. The Morgan fingerprint density at radius 1 is 1.40 bits per heavy atom. The second kappa shape index (κ2) is 6.25. The maximum absolute atomic E-state index is 9.95. The third kappa shape index (κ3) is 4.66. The molecule has 0 spiro atoms. The van der Waals surface area contributed by atoms with Gasteiger partial charge in [-0.1, -0.05) is 23.2 Å². The molecular weight excluding hydrogens is 237 g/mol. The molecule has 1 aromatic rings. The molecule has 5 heteroatoms. The van der Waals surface area contributed by atoms with Gasteiger partial charge in [-0.05, 0) is 30.3 Å². The summed E-state index contributed by atoms with van der Waals surface area (Å²) in [5.41, 5.74) is 0.531. The van der Waals surface area contributed by atoms with Crippen LogP contribution in [0.3, 0.4) is 0 Å². The Morgan fingerprint density at radius 2 is 2.07 bits per heavy atom. The Morgan fingerprint density at radius 3 is 2.60 bits per heavy atom. The molecule has 0 fully saturated rings. The summed E-state index contributed by atoms with van der Waals surface area (Å²) in [7, 11) is 0. The average molecular weight is 244 g/mol. The molecule has 0 saturated heterocycles. The first kappa shape index (κ1) is 11.8. The van der Waals surface area contributed by atoms with Gasteiger partial charge in [-0.2, -0.15) is 4.99 Å². The van der Waals surface area contributed by atoms with Crippen LogP contribution in [0, 0.1) is 0 Å². The first-order valence-corrected chi connectivity index (χ1v) is 4.80. The van der Waals surface area contributed by atoms with E-state index >= 15 is 0 Å². The number of rotatable bonds is 4. The van der Waals surface area contributed by atoms with Crippen LogP contribution in [0.5, 0.6) is 5.75 Å². The summed E-state index contributed by atoms with van der Waals surface area (Å²) in [6, 6.07) is 6.66. The van der Waals surface area contributed by atoms with Crippen LogP contribution in [0.15, 0.2) is 39.8 Å². The topological polar surface area (TPSA) is 38.7 Å². The first-order valence-electron chi connectivity index (χ1n) is 4.04. The number of hydrogen-bond donors (Lipinski definition) is 0. The summed E-state index contributed by atoms with van der Waals surface area (Å²) in [6.07, 6.45) is 2.98. The number of carbonyl (C=O) groups excluding carboxylic acids is 1. The minimum absolute atomic E-state index is 0.164. The van der Waals surface area contributed by atoms with Crippen LogP contribution in [-0.4, -0.2) is 12.7 Å². The average Bonchev–Trinajstić information content (AvgIpc) is 2.20. The van der Waals surface area contributed by atoms with Crippen molar-refractivity contribution >= 4 is 35.0 Å². The summed E-state index contributed by atoms with van der Waals surface area (Å²) in [4.78, 5) is 13.4. The maximum atomic E-state index is 9.95. The molecular formula is C10H7Cl2NO2. The van der Waals surface area contributed by atoms with E-state index in [0.717, 1.165) is 0 Å². The molecule has 1 aromatic carbocycles. The summed E-state index contributed by atoms with van der Waals surface area (Å²) < 4.78 is 5.43. The predicted molar refractivity (Wildman–Crippen MR) is 59.5 cm³/mol. The van der Waals surface area contributed by atoms with Gasteiger partial charge in [-0.25, -0.2) is 4.79 Å². The van der Waals surface area contributed by atoms with Crippen molar-refractivity contribution in [3.05, 3.63) is 34.8 Å². The van der Waals surface area contributed by atoms with E-state index in [4.69, 9.17) is 27.9 Å². The van der Waals surface area contributed by atoms with Crippen molar-refractivity contribution in [2.45, 2.75) is 0 Å². The van der Waals surface area contributed by atoms with Gasteiger partial charge >= 0.3 is 0 Å². The van der Waals surface area contributed by atoms with Gasteiger partial charge in [0.15, 0.2) is 0 Å². The van der Waals surface area contributed by atoms with E-state index < -0.39 is 0 Å². The number of hydrogen-bond acceptors (Lipinski definition) is 3. The fourth-order valence-corrected chi connectivity index (χ4v) is 0.996. The zero-order valence-corrected chi connectivity index (χ0v) is 9.13. The lowest BCUT2D eigenvalue weighted by Crippen LogP contribution is -1.92. The van der Waals surface area contributed by atoms with E-state index in [1.165, 1.54) is 12.2 Å². The number of nitrogens with zero attached hydrogens (tertiary/aromatic N) is 1. The molecule has 78 valence electrons. The lowest BCUT2D eigenvalue weighted by Gasteiger charge is -2.02. The van der Waals surface area contributed by atoms with Crippen molar-refractivity contribution in [2.75, 3.05) is 6.61 Å². The fraction of sp³-hybridized carbons (Fsp3) is 0.100. The molecule has 0 amide bonds. The Hall–Kier alpha value is -1.28. The lowest BCUT2D eigenvalue weighted by atomic mass is 10.3. The van der Waals surface area contributed by atoms with Crippen molar-refractivity contribution in [1.29, 1.82) is 0 Å². The van der Waals surface area contributed by atoms with Crippen LogP contribution in [0.4, 0.5) is 5.69 Å².